The first-order valence-corrected chi connectivity index (χ1v) is 11.2. The fourth-order valence-electron chi connectivity index (χ4n) is 4.15. The maximum atomic E-state index is 13.5. The number of thioether (sulfide) groups is 1. The number of para-hydroxylation sites is 1. The third-order valence-corrected chi connectivity index (χ3v) is 6.97. The minimum Gasteiger partial charge on any atom is -0.495 e. The Morgan fingerprint density at radius 1 is 1.10 bits per heavy atom. The number of hydrogen-bond acceptors (Lipinski definition) is 6. The predicted octanol–water partition coefficient (Wildman–Crippen LogP) is 3.95. The van der Waals surface area contributed by atoms with Crippen LogP contribution in [-0.4, -0.2) is 37.3 Å². The fraction of sp³-hybridized carbons (Fsp3) is 0.304. The number of methoxy groups -OCH3 is 1. The van der Waals surface area contributed by atoms with E-state index in [0.717, 1.165) is 30.3 Å². The largest absolute Gasteiger partial charge is 0.495 e. The van der Waals surface area contributed by atoms with Crippen molar-refractivity contribution in [1.82, 2.24) is 19.2 Å². The molecule has 1 aliphatic rings. The summed E-state index contributed by atoms with van der Waals surface area (Å²) in [6.07, 6.45) is 3.43. The van der Waals surface area contributed by atoms with Crippen molar-refractivity contribution in [3.8, 4) is 11.4 Å². The molecule has 0 aliphatic heterocycles. The van der Waals surface area contributed by atoms with Gasteiger partial charge in [0.2, 0.25) is 5.78 Å². The number of hydrogen-bond donors (Lipinski definition) is 0. The zero-order chi connectivity index (χ0) is 21.5. The molecule has 1 saturated carbocycles. The van der Waals surface area contributed by atoms with Crippen molar-refractivity contribution in [2.24, 2.45) is 0 Å². The van der Waals surface area contributed by atoms with Crippen LogP contribution in [0.4, 0.5) is 0 Å². The molecule has 1 unspecified atom stereocenters. The highest BCUT2D eigenvalue weighted by Gasteiger charge is 2.27. The Labute approximate surface area is 183 Å². The zero-order valence-electron chi connectivity index (χ0n) is 17.4. The highest BCUT2D eigenvalue weighted by Crippen LogP contribution is 2.33. The minimum absolute atomic E-state index is 0.131. The van der Waals surface area contributed by atoms with Gasteiger partial charge in [0.15, 0.2) is 5.16 Å². The number of Topliss-reactive ketones (excluding diaryl/α,β-unsaturated/α-hetero) is 1. The van der Waals surface area contributed by atoms with Crippen molar-refractivity contribution in [3.05, 3.63) is 58.4 Å². The van der Waals surface area contributed by atoms with E-state index in [4.69, 9.17) is 4.74 Å². The number of carbonyl (C=O) groups excluding carboxylic acids is 1. The van der Waals surface area contributed by atoms with Gasteiger partial charge in [-0.3, -0.25) is 14.0 Å². The molecule has 158 valence electrons. The molecule has 1 aliphatic carbocycles. The van der Waals surface area contributed by atoms with Gasteiger partial charge in [0, 0.05) is 6.42 Å². The number of aryl methyl sites for hydroxylation is 1. The summed E-state index contributed by atoms with van der Waals surface area (Å²) < 4.78 is 8.98. The SMILES string of the molecule is COc1ccc(C)cc1-n1c(=O)c2ccccc2n2c(SC3CCCCC3=O)nnc12. The van der Waals surface area contributed by atoms with E-state index >= 15 is 0 Å². The highest BCUT2D eigenvalue weighted by atomic mass is 32.2. The first-order chi connectivity index (χ1) is 15.1. The van der Waals surface area contributed by atoms with Gasteiger partial charge in [-0.05, 0) is 49.6 Å². The molecule has 8 heteroatoms. The summed E-state index contributed by atoms with van der Waals surface area (Å²) in [5.74, 6) is 1.23. The van der Waals surface area contributed by atoms with Gasteiger partial charge in [0.25, 0.3) is 5.56 Å². The number of carbonyl (C=O) groups is 1. The molecule has 0 radical (unpaired) electrons. The number of rotatable bonds is 4. The molecule has 0 amide bonds. The summed E-state index contributed by atoms with van der Waals surface area (Å²) in [4.78, 5) is 26.0. The van der Waals surface area contributed by atoms with Crippen LogP contribution >= 0.6 is 11.8 Å². The summed E-state index contributed by atoms with van der Waals surface area (Å²) in [6, 6.07) is 13.1. The van der Waals surface area contributed by atoms with Crippen molar-refractivity contribution in [2.45, 2.75) is 43.0 Å². The summed E-state index contributed by atoms with van der Waals surface area (Å²) >= 11 is 1.44. The van der Waals surface area contributed by atoms with Crippen molar-refractivity contribution >= 4 is 34.2 Å². The van der Waals surface area contributed by atoms with Crippen LogP contribution < -0.4 is 10.3 Å². The average Bonchev–Trinajstić information content (AvgIpc) is 3.19. The van der Waals surface area contributed by atoms with Crippen LogP contribution in [0.3, 0.4) is 0 Å². The topological polar surface area (TPSA) is 78.5 Å². The molecule has 2 heterocycles. The Hall–Kier alpha value is -3.13. The Morgan fingerprint density at radius 3 is 2.74 bits per heavy atom. The van der Waals surface area contributed by atoms with E-state index in [-0.39, 0.29) is 16.6 Å². The van der Waals surface area contributed by atoms with Crippen LogP contribution in [0.2, 0.25) is 0 Å². The van der Waals surface area contributed by atoms with Gasteiger partial charge in [-0.1, -0.05) is 36.4 Å². The smallest absolute Gasteiger partial charge is 0.267 e. The van der Waals surface area contributed by atoms with Crippen molar-refractivity contribution in [1.29, 1.82) is 0 Å². The molecule has 4 aromatic rings. The van der Waals surface area contributed by atoms with Crippen molar-refractivity contribution < 1.29 is 9.53 Å². The number of ketones is 1. The third kappa shape index (κ3) is 3.31. The van der Waals surface area contributed by atoms with Crippen LogP contribution in [0.25, 0.3) is 22.4 Å². The van der Waals surface area contributed by atoms with Crippen LogP contribution in [0, 0.1) is 6.92 Å². The van der Waals surface area contributed by atoms with E-state index in [2.05, 4.69) is 10.2 Å². The second-order valence-electron chi connectivity index (χ2n) is 7.77. The van der Waals surface area contributed by atoms with E-state index in [1.165, 1.54) is 11.8 Å². The normalized spacial score (nSPS) is 16.8. The second-order valence-corrected chi connectivity index (χ2v) is 8.94. The Kier molecular flexibility index (Phi) is 5.02. The molecule has 2 aromatic heterocycles. The fourth-order valence-corrected chi connectivity index (χ4v) is 5.31. The lowest BCUT2D eigenvalue weighted by molar-refractivity contribution is -0.119. The maximum Gasteiger partial charge on any atom is 0.267 e. The molecule has 1 atom stereocenters. The molecule has 1 fully saturated rings. The third-order valence-electron chi connectivity index (χ3n) is 5.72. The van der Waals surface area contributed by atoms with Gasteiger partial charge >= 0.3 is 0 Å². The molecule has 2 aromatic carbocycles. The first-order valence-electron chi connectivity index (χ1n) is 10.3. The number of fused-ring (bicyclic) bond motifs is 3. The van der Waals surface area contributed by atoms with E-state index in [1.54, 1.807) is 17.7 Å². The quantitative estimate of drug-likeness (QED) is 0.484. The molecule has 7 nitrogen and oxygen atoms in total. The monoisotopic (exact) mass is 434 g/mol. The zero-order valence-corrected chi connectivity index (χ0v) is 18.2. The van der Waals surface area contributed by atoms with Crippen LogP contribution in [0.1, 0.15) is 31.2 Å². The minimum atomic E-state index is -0.190. The molecule has 5 rings (SSSR count). The van der Waals surface area contributed by atoms with Gasteiger partial charge in [-0.2, -0.15) is 0 Å². The van der Waals surface area contributed by atoms with Gasteiger partial charge in [0.1, 0.15) is 11.5 Å². The lowest BCUT2D eigenvalue weighted by Gasteiger charge is -2.19. The average molecular weight is 435 g/mol. The standard InChI is InChI=1S/C23H22N4O3S/c1-14-11-12-19(30-2)17(13-14)26-21(29)15-7-3-4-8-16(15)27-22(26)24-25-23(27)31-20-10-6-5-9-18(20)28/h3-4,7-8,11-13,20H,5-6,9-10H2,1-2H3. The summed E-state index contributed by atoms with van der Waals surface area (Å²) in [7, 11) is 1.58. The van der Waals surface area contributed by atoms with E-state index in [9.17, 15) is 9.59 Å². The summed E-state index contributed by atoms with van der Waals surface area (Å²) in [5, 5.41) is 9.83. The van der Waals surface area contributed by atoms with Crippen LogP contribution in [0.5, 0.6) is 5.75 Å². The Morgan fingerprint density at radius 2 is 1.94 bits per heavy atom. The molecule has 0 spiro atoms. The summed E-state index contributed by atoms with van der Waals surface area (Å²) in [5.41, 5.74) is 2.14. The number of ether oxygens (including phenoxy) is 1. The van der Waals surface area contributed by atoms with Crippen molar-refractivity contribution in [2.75, 3.05) is 7.11 Å². The van der Waals surface area contributed by atoms with E-state index < -0.39 is 0 Å². The van der Waals surface area contributed by atoms with Crippen molar-refractivity contribution in [3.63, 3.8) is 0 Å². The molecular formula is C23H22N4O3S. The number of nitrogens with zero attached hydrogens (tertiary/aromatic N) is 4. The van der Waals surface area contributed by atoms with Crippen LogP contribution in [-0.2, 0) is 4.79 Å². The molecule has 0 saturated heterocycles. The molecular weight excluding hydrogens is 412 g/mol. The molecule has 0 N–H and O–H groups in total. The lowest BCUT2D eigenvalue weighted by atomic mass is 9.99. The van der Waals surface area contributed by atoms with Gasteiger partial charge in [0.05, 0.1) is 29.0 Å². The second kappa shape index (κ2) is 7.85. The Balaban J connectivity index is 1.80. The van der Waals surface area contributed by atoms with Gasteiger partial charge in [-0.15, -0.1) is 10.2 Å². The van der Waals surface area contributed by atoms with E-state index in [1.807, 2.05) is 47.7 Å². The van der Waals surface area contributed by atoms with Crippen LogP contribution in [0.15, 0.2) is 52.4 Å². The number of benzene rings is 2. The predicted molar refractivity (Wildman–Crippen MR) is 120 cm³/mol. The highest BCUT2D eigenvalue weighted by molar-refractivity contribution is 8.00. The van der Waals surface area contributed by atoms with Gasteiger partial charge in [-0.25, -0.2) is 4.57 Å². The first kappa shape index (κ1) is 19.8. The summed E-state index contributed by atoms with van der Waals surface area (Å²) in [6.45, 7) is 1.96. The molecule has 0 bridgehead atoms. The number of aromatic nitrogens is 4. The molecule has 31 heavy (non-hydrogen) atoms. The van der Waals surface area contributed by atoms with E-state index in [0.29, 0.717) is 34.2 Å². The lowest BCUT2D eigenvalue weighted by Crippen LogP contribution is -2.23. The maximum absolute atomic E-state index is 13.5. The van der Waals surface area contributed by atoms with Gasteiger partial charge < -0.3 is 4.74 Å². The Bertz CT molecular complexity index is 1370.